The van der Waals surface area contributed by atoms with E-state index in [0.717, 1.165) is 16.8 Å². The average molecular weight is 265 g/mol. The Morgan fingerprint density at radius 1 is 1.42 bits per heavy atom. The van der Waals surface area contributed by atoms with Crippen LogP contribution in [0, 0.1) is 6.92 Å². The Morgan fingerprint density at radius 2 is 2.05 bits per heavy atom. The van der Waals surface area contributed by atoms with Crippen molar-refractivity contribution in [3.8, 4) is 0 Å². The Balaban J connectivity index is 2.72. The molecule has 1 atom stereocenters. The number of amides is 1. The van der Waals surface area contributed by atoms with Crippen molar-refractivity contribution in [2.45, 2.75) is 52.7 Å². The summed E-state index contributed by atoms with van der Waals surface area (Å²) >= 11 is 0. The molecule has 0 aliphatic heterocycles. The second-order valence-electron chi connectivity index (χ2n) is 5.83. The van der Waals surface area contributed by atoms with E-state index in [4.69, 9.17) is 4.74 Å². The number of aliphatic hydroxyl groups excluding tert-OH is 1. The molecule has 1 unspecified atom stereocenters. The Kier molecular flexibility index (Phi) is 4.95. The predicted molar refractivity (Wildman–Crippen MR) is 76.4 cm³/mol. The molecule has 4 nitrogen and oxygen atoms in total. The van der Waals surface area contributed by atoms with Crippen molar-refractivity contribution in [2.75, 3.05) is 5.32 Å². The minimum atomic E-state index is -0.510. The highest BCUT2D eigenvalue weighted by Gasteiger charge is 2.16. The van der Waals surface area contributed by atoms with E-state index in [0.29, 0.717) is 6.42 Å². The summed E-state index contributed by atoms with van der Waals surface area (Å²) in [5.74, 6) is 0. The Bertz CT molecular complexity index is 447. The van der Waals surface area contributed by atoms with E-state index in [1.54, 1.807) is 6.92 Å². The number of benzene rings is 1. The van der Waals surface area contributed by atoms with Crippen LogP contribution in [-0.2, 0) is 11.2 Å². The number of nitrogens with one attached hydrogen (secondary N) is 1. The Labute approximate surface area is 114 Å². The summed E-state index contributed by atoms with van der Waals surface area (Å²) in [5, 5.41) is 12.1. The van der Waals surface area contributed by atoms with Crippen molar-refractivity contribution in [1.29, 1.82) is 0 Å². The molecule has 1 rings (SSSR count). The number of rotatable bonds is 3. The molecule has 1 aromatic rings. The van der Waals surface area contributed by atoms with Crippen LogP contribution in [0.25, 0.3) is 0 Å². The predicted octanol–water partition coefficient (Wildman–Crippen LogP) is 3.27. The first-order valence-corrected chi connectivity index (χ1v) is 6.45. The zero-order chi connectivity index (χ0) is 14.6. The van der Waals surface area contributed by atoms with Crippen LogP contribution in [0.15, 0.2) is 18.2 Å². The van der Waals surface area contributed by atoms with Gasteiger partial charge in [-0.1, -0.05) is 12.1 Å². The summed E-state index contributed by atoms with van der Waals surface area (Å²) in [6.07, 6.45) is -0.226. The summed E-state index contributed by atoms with van der Waals surface area (Å²) < 4.78 is 5.20. The fourth-order valence-corrected chi connectivity index (χ4v) is 1.75. The topological polar surface area (TPSA) is 58.6 Å². The number of hydrogen-bond acceptors (Lipinski definition) is 3. The third-order valence-corrected chi connectivity index (χ3v) is 2.46. The minimum absolute atomic E-state index is 0.371. The number of ether oxygens (including phenoxy) is 1. The molecule has 0 fully saturated rings. The maximum Gasteiger partial charge on any atom is 0.412 e. The van der Waals surface area contributed by atoms with Gasteiger partial charge in [-0.25, -0.2) is 4.79 Å². The highest BCUT2D eigenvalue weighted by molar-refractivity contribution is 5.85. The van der Waals surface area contributed by atoms with Gasteiger partial charge in [0, 0.05) is 5.69 Å². The van der Waals surface area contributed by atoms with E-state index in [1.165, 1.54) is 0 Å². The number of aliphatic hydroxyl groups is 1. The first kappa shape index (κ1) is 15.5. The second-order valence-corrected chi connectivity index (χ2v) is 5.83. The average Bonchev–Trinajstić information content (AvgIpc) is 2.18. The molecule has 19 heavy (non-hydrogen) atoms. The maximum absolute atomic E-state index is 11.7. The lowest BCUT2D eigenvalue weighted by atomic mass is 10.0. The number of anilines is 1. The Hall–Kier alpha value is -1.55. The fourth-order valence-electron chi connectivity index (χ4n) is 1.75. The molecular weight excluding hydrogens is 242 g/mol. The third kappa shape index (κ3) is 5.75. The van der Waals surface area contributed by atoms with E-state index < -0.39 is 11.7 Å². The quantitative estimate of drug-likeness (QED) is 0.882. The van der Waals surface area contributed by atoms with Gasteiger partial charge in [0.25, 0.3) is 0 Å². The zero-order valence-corrected chi connectivity index (χ0v) is 12.3. The fraction of sp³-hybridized carbons (Fsp3) is 0.533. The third-order valence-electron chi connectivity index (χ3n) is 2.46. The van der Waals surface area contributed by atoms with Crippen LogP contribution in [0.4, 0.5) is 10.5 Å². The molecule has 1 amide bonds. The molecular formula is C15H23NO3. The molecule has 0 saturated heterocycles. The summed E-state index contributed by atoms with van der Waals surface area (Å²) in [4.78, 5) is 11.7. The van der Waals surface area contributed by atoms with Crippen LogP contribution in [0.3, 0.4) is 0 Å². The van der Waals surface area contributed by atoms with Gasteiger partial charge in [-0.3, -0.25) is 5.32 Å². The van der Waals surface area contributed by atoms with Crippen LogP contribution in [0.1, 0.15) is 38.8 Å². The summed E-state index contributed by atoms with van der Waals surface area (Å²) in [6.45, 7) is 9.14. The molecule has 0 saturated carbocycles. The molecule has 0 radical (unpaired) electrons. The van der Waals surface area contributed by atoms with Gasteiger partial charge in [-0.15, -0.1) is 0 Å². The summed E-state index contributed by atoms with van der Waals surface area (Å²) in [7, 11) is 0. The number of hydrogen-bond donors (Lipinski definition) is 2. The highest BCUT2D eigenvalue weighted by atomic mass is 16.6. The van der Waals surface area contributed by atoms with Gasteiger partial charge in [0.2, 0.25) is 0 Å². The lowest BCUT2D eigenvalue weighted by Gasteiger charge is -2.20. The number of carbonyl (C=O) groups excluding carboxylic acids is 1. The largest absolute Gasteiger partial charge is 0.444 e. The Morgan fingerprint density at radius 3 is 2.53 bits per heavy atom. The molecule has 0 bridgehead atoms. The van der Waals surface area contributed by atoms with Crippen LogP contribution in [0.2, 0.25) is 0 Å². The van der Waals surface area contributed by atoms with Gasteiger partial charge in [0.15, 0.2) is 0 Å². The number of carbonyl (C=O) groups is 1. The van der Waals surface area contributed by atoms with E-state index >= 15 is 0 Å². The minimum Gasteiger partial charge on any atom is -0.444 e. The first-order chi connectivity index (χ1) is 8.67. The molecule has 2 N–H and O–H groups in total. The monoisotopic (exact) mass is 265 g/mol. The lowest BCUT2D eigenvalue weighted by Crippen LogP contribution is -2.27. The first-order valence-electron chi connectivity index (χ1n) is 6.45. The van der Waals surface area contributed by atoms with Crippen molar-refractivity contribution >= 4 is 11.8 Å². The molecule has 0 aliphatic rings. The van der Waals surface area contributed by atoms with Crippen molar-refractivity contribution in [2.24, 2.45) is 0 Å². The zero-order valence-electron chi connectivity index (χ0n) is 12.3. The molecule has 4 heteroatoms. The van der Waals surface area contributed by atoms with E-state index in [-0.39, 0.29) is 6.10 Å². The van der Waals surface area contributed by atoms with Gasteiger partial charge < -0.3 is 9.84 Å². The SMILES string of the molecule is Cc1cc(CC(C)O)ccc1NC(=O)OC(C)(C)C. The number of aryl methyl sites for hydroxylation is 1. The van der Waals surface area contributed by atoms with Gasteiger partial charge in [-0.05, 0) is 58.2 Å². The lowest BCUT2D eigenvalue weighted by molar-refractivity contribution is 0.0635. The van der Waals surface area contributed by atoms with E-state index in [1.807, 2.05) is 45.9 Å². The highest BCUT2D eigenvalue weighted by Crippen LogP contribution is 2.19. The van der Waals surface area contributed by atoms with Gasteiger partial charge in [0.1, 0.15) is 5.60 Å². The smallest absolute Gasteiger partial charge is 0.412 e. The van der Waals surface area contributed by atoms with Crippen LogP contribution in [-0.4, -0.2) is 22.9 Å². The van der Waals surface area contributed by atoms with Gasteiger partial charge in [0.05, 0.1) is 6.10 Å². The molecule has 106 valence electrons. The van der Waals surface area contributed by atoms with Crippen LogP contribution < -0.4 is 5.32 Å². The molecule has 1 aromatic carbocycles. The molecule has 0 heterocycles. The summed E-state index contributed by atoms with van der Waals surface area (Å²) in [6, 6.07) is 5.68. The summed E-state index contributed by atoms with van der Waals surface area (Å²) in [5.41, 5.74) is 2.21. The normalized spacial score (nSPS) is 12.9. The molecule has 0 aromatic heterocycles. The second kappa shape index (κ2) is 6.06. The standard InChI is InChI=1S/C15H23NO3/c1-10-8-12(9-11(2)17)6-7-13(10)16-14(18)19-15(3,4)5/h6-8,11,17H,9H2,1-5H3,(H,16,18). The van der Waals surface area contributed by atoms with Crippen molar-refractivity contribution in [3.63, 3.8) is 0 Å². The van der Waals surface area contributed by atoms with Crippen LogP contribution in [0.5, 0.6) is 0 Å². The van der Waals surface area contributed by atoms with Gasteiger partial charge in [-0.2, -0.15) is 0 Å². The van der Waals surface area contributed by atoms with E-state index in [9.17, 15) is 9.90 Å². The van der Waals surface area contributed by atoms with E-state index in [2.05, 4.69) is 5.32 Å². The van der Waals surface area contributed by atoms with Crippen molar-refractivity contribution in [1.82, 2.24) is 0 Å². The molecule has 0 spiro atoms. The molecule has 0 aliphatic carbocycles. The van der Waals surface area contributed by atoms with Crippen molar-refractivity contribution in [3.05, 3.63) is 29.3 Å². The maximum atomic E-state index is 11.7. The van der Waals surface area contributed by atoms with Crippen LogP contribution >= 0.6 is 0 Å². The van der Waals surface area contributed by atoms with Gasteiger partial charge >= 0.3 is 6.09 Å². The van der Waals surface area contributed by atoms with Crippen molar-refractivity contribution < 1.29 is 14.6 Å².